The summed E-state index contributed by atoms with van der Waals surface area (Å²) in [4.78, 5) is 26.4. The Morgan fingerprint density at radius 1 is 1.14 bits per heavy atom. The average Bonchev–Trinajstić information content (AvgIpc) is 2.62. The lowest BCUT2D eigenvalue weighted by molar-refractivity contribution is -0.116. The molecule has 156 valence electrons. The summed E-state index contributed by atoms with van der Waals surface area (Å²) in [6.07, 6.45) is 6.15. The molecule has 2 amide bonds. The molecule has 0 bridgehead atoms. The van der Waals surface area contributed by atoms with Crippen LogP contribution in [0.2, 0.25) is 0 Å². The molecule has 0 saturated heterocycles. The van der Waals surface area contributed by atoms with Gasteiger partial charge in [-0.05, 0) is 52.3 Å². The molecule has 28 heavy (non-hydrogen) atoms. The number of benzene rings is 1. The first kappa shape index (κ1) is 22.2. The van der Waals surface area contributed by atoms with Crippen LogP contribution in [0.5, 0.6) is 0 Å². The Labute approximate surface area is 169 Å². The number of nitrogens with one attached hydrogen (secondary N) is 2. The predicted octanol–water partition coefficient (Wildman–Crippen LogP) is 4.30. The van der Waals surface area contributed by atoms with E-state index in [1.165, 1.54) is 32.1 Å². The number of nitrogens with zero attached hydrogens (tertiary/aromatic N) is 1. The molecule has 0 atom stereocenters. The Bertz CT molecular complexity index is 649. The number of ether oxygens (including phenoxy) is 1. The number of anilines is 1. The smallest absolute Gasteiger partial charge is 0.407 e. The number of carbonyl (C=O) groups excluding carboxylic acids is 2. The topological polar surface area (TPSA) is 70.7 Å². The first-order valence-electron chi connectivity index (χ1n) is 10.3. The lowest BCUT2D eigenvalue weighted by Crippen LogP contribution is -2.34. The van der Waals surface area contributed by atoms with Crippen molar-refractivity contribution in [3.63, 3.8) is 0 Å². The fourth-order valence-electron chi connectivity index (χ4n) is 3.50. The number of alkyl carbamates (subject to hydrolysis) is 1. The minimum atomic E-state index is -0.546. The van der Waals surface area contributed by atoms with Gasteiger partial charge in [-0.2, -0.15) is 0 Å². The molecule has 0 heterocycles. The van der Waals surface area contributed by atoms with Gasteiger partial charge in [0.15, 0.2) is 0 Å². The van der Waals surface area contributed by atoms with Crippen molar-refractivity contribution in [3.8, 4) is 0 Å². The van der Waals surface area contributed by atoms with E-state index in [4.69, 9.17) is 4.74 Å². The predicted molar refractivity (Wildman–Crippen MR) is 112 cm³/mol. The molecule has 0 radical (unpaired) electrons. The monoisotopic (exact) mass is 389 g/mol. The summed E-state index contributed by atoms with van der Waals surface area (Å²) in [6.45, 7) is 6.48. The molecule has 6 nitrogen and oxygen atoms in total. The summed E-state index contributed by atoms with van der Waals surface area (Å²) >= 11 is 0. The standard InChI is InChI=1S/C22H35N3O3/c1-22(2,3)28-21(27)23-15-14-20(26)24-19-13-9-8-10-17(19)16-25(4)18-11-6-5-7-12-18/h8-10,13,18H,5-7,11-12,14-16H2,1-4H3,(H,23,27)(H,24,26). The van der Waals surface area contributed by atoms with Crippen LogP contribution < -0.4 is 10.6 Å². The molecule has 0 unspecified atom stereocenters. The third kappa shape index (κ3) is 7.89. The summed E-state index contributed by atoms with van der Waals surface area (Å²) < 4.78 is 5.17. The summed E-state index contributed by atoms with van der Waals surface area (Å²) in [7, 11) is 2.17. The molecule has 0 aromatic heterocycles. The lowest BCUT2D eigenvalue weighted by Gasteiger charge is -2.31. The van der Waals surface area contributed by atoms with E-state index in [1.807, 2.05) is 18.2 Å². The van der Waals surface area contributed by atoms with E-state index in [1.54, 1.807) is 20.8 Å². The maximum Gasteiger partial charge on any atom is 0.407 e. The fraction of sp³-hybridized carbons (Fsp3) is 0.636. The number of amides is 2. The second-order valence-corrected chi connectivity index (χ2v) is 8.59. The van der Waals surface area contributed by atoms with Gasteiger partial charge in [-0.1, -0.05) is 37.5 Å². The molecule has 1 aliphatic carbocycles. The van der Waals surface area contributed by atoms with Crippen molar-refractivity contribution in [2.45, 2.75) is 77.5 Å². The van der Waals surface area contributed by atoms with Crippen LogP contribution in [0.3, 0.4) is 0 Å². The van der Waals surface area contributed by atoms with Crippen molar-refractivity contribution in [3.05, 3.63) is 29.8 Å². The van der Waals surface area contributed by atoms with Crippen molar-refractivity contribution in [2.24, 2.45) is 0 Å². The van der Waals surface area contributed by atoms with E-state index in [2.05, 4.69) is 28.6 Å². The Morgan fingerprint density at radius 3 is 2.50 bits per heavy atom. The molecule has 6 heteroatoms. The number of hydrogen-bond acceptors (Lipinski definition) is 4. The first-order valence-corrected chi connectivity index (χ1v) is 10.3. The van der Waals surface area contributed by atoms with Crippen LogP contribution in [0.1, 0.15) is 64.9 Å². The first-order chi connectivity index (χ1) is 13.2. The van der Waals surface area contributed by atoms with Crippen molar-refractivity contribution in [1.29, 1.82) is 0 Å². The second-order valence-electron chi connectivity index (χ2n) is 8.59. The van der Waals surface area contributed by atoms with Crippen LogP contribution in [-0.2, 0) is 16.1 Å². The van der Waals surface area contributed by atoms with Crippen LogP contribution in [-0.4, -0.2) is 42.1 Å². The Kier molecular flexibility index (Phi) is 8.30. The van der Waals surface area contributed by atoms with Gasteiger partial charge in [0.2, 0.25) is 5.91 Å². The molecule has 0 spiro atoms. The Balaban J connectivity index is 1.83. The molecular formula is C22H35N3O3. The van der Waals surface area contributed by atoms with Gasteiger partial charge in [0.25, 0.3) is 0 Å². The highest BCUT2D eigenvalue weighted by atomic mass is 16.6. The third-order valence-corrected chi connectivity index (χ3v) is 4.93. The van der Waals surface area contributed by atoms with Crippen LogP contribution in [0.15, 0.2) is 24.3 Å². The number of para-hydroxylation sites is 1. The van der Waals surface area contributed by atoms with Gasteiger partial charge in [0, 0.05) is 31.2 Å². The van der Waals surface area contributed by atoms with Gasteiger partial charge < -0.3 is 15.4 Å². The van der Waals surface area contributed by atoms with E-state index in [9.17, 15) is 9.59 Å². The van der Waals surface area contributed by atoms with Crippen molar-refractivity contribution in [1.82, 2.24) is 10.2 Å². The zero-order valence-electron chi connectivity index (χ0n) is 17.7. The highest BCUT2D eigenvalue weighted by Crippen LogP contribution is 2.25. The SMILES string of the molecule is CN(Cc1ccccc1NC(=O)CCNC(=O)OC(C)(C)C)C1CCCCC1. The van der Waals surface area contributed by atoms with Crippen LogP contribution >= 0.6 is 0 Å². The molecule has 1 aromatic rings. The molecule has 1 fully saturated rings. The fourth-order valence-corrected chi connectivity index (χ4v) is 3.50. The summed E-state index contributed by atoms with van der Waals surface area (Å²) in [5.41, 5.74) is 1.41. The zero-order valence-corrected chi connectivity index (χ0v) is 17.7. The van der Waals surface area contributed by atoms with E-state index in [-0.39, 0.29) is 18.9 Å². The summed E-state index contributed by atoms with van der Waals surface area (Å²) in [6, 6.07) is 8.55. The molecule has 1 aliphatic rings. The Morgan fingerprint density at radius 2 is 1.82 bits per heavy atom. The van der Waals surface area contributed by atoms with E-state index < -0.39 is 11.7 Å². The van der Waals surface area contributed by atoms with E-state index in [0.29, 0.717) is 6.04 Å². The van der Waals surface area contributed by atoms with E-state index >= 15 is 0 Å². The van der Waals surface area contributed by atoms with Gasteiger partial charge in [-0.3, -0.25) is 9.69 Å². The number of carbonyl (C=O) groups is 2. The van der Waals surface area contributed by atoms with Gasteiger partial charge >= 0.3 is 6.09 Å². The highest BCUT2D eigenvalue weighted by molar-refractivity contribution is 5.91. The second kappa shape index (κ2) is 10.5. The average molecular weight is 390 g/mol. The maximum absolute atomic E-state index is 12.3. The van der Waals surface area contributed by atoms with Gasteiger partial charge in [-0.15, -0.1) is 0 Å². The van der Waals surface area contributed by atoms with Crippen LogP contribution in [0.4, 0.5) is 10.5 Å². The third-order valence-electron chi connectivity index (χ3n) is 4.93. The van der Waals surface area contributed by atoms with Crippen molar-refractivity contribution >= 4 is 17.7 Å². The van der Waals surface area contributed by atoms with Crippen molar-refractivity contribution in [2.75, 3.05) is 18.9 Å². The Hall–Kier alpha value is -2.08. The zero-order chi connectivity index (χ0) is 20.6. The highest BCUT2D eigenvalue weighted by Gasteiger charge is 2.19. The van der Waals surface area contributed by atoms with Crippen molar-refractivity contribution < 1.29 is 14.3 Å². The molecule has 2 N–H and O–H groups in total. The van der Waals surface area contributed by atoms with Gasteiger partial charge in [0.1, 0.15) is 5.60 Å². The number of rotatable bonds is 7. The van der Waals surface area contributed by atoms with Gasteiger partial charge in [-0.25, -0.2) is 4.79 Å². The summed E-state index contributed by atoms with van der Waals surface area (Å²) in [5, 5.41) is 5.60. The normalized spacial score (nSPS) is 15.3. The van der Waals surface area contributed by atoms with Crippen LogP contribution in [0, 0.1) is 0 Å². The quantitative estimate of drug-likeness (QED) is 0.729. The minimum absolute atomic E-state index is 0.121. The molecule has 0 aliphatic heterocycles. The maximum atomic E-state index is 12.3. The molecule has 1 aromatic carbocycles. The number of hydrogen-bond donors (Lipinski definition) is 2. The molecule has 2 rings (SSSR count). The van der Waals surface area contributed by atoms with Crippen LogP contribution in [0.25, 0.3) is 0 Å². The lowest BCUT2D eigenvalue weighted by atomic mass is 9.94. The summed E-state index contributed by atoms with van der Waals surface area (Å²) in [5.74, 6) is -0.121. The molecular weight excluding hydrogens is 354 g/mol. The minimum Gasteiger partial charge on any atom is -0.444 e. The van der Waals surface area contributed by atoms with Gasteiger partial charge in [0.05, 0.1) is 0 Å². The van der Waals surface area contributed by atoms with E-state index in [0.717, 1.165) is 17.8 Å². The largest absolute Gasteiger partial charge is 0.444 e. The molecule has 1 saturated carbocycles.